The molecule has 2 rings (SSSR count). The molecule has 0 aromatic rings. The van der Waals surface area contributed by atoms with Gasteiger partial charge in [0, 0.05) is 31.1 Å². The number of hydrogen-bond donors (Lipinski definition) is 2. The average molecular weight is 272 g/mol. The highest BCUT2D eigenvalue weighted by Crippen LogP contribution is 2.24. The minimum absolute atomic E-state index is 0.128. The van der Waals surface area contributed by atoms with Gasteiger partial charge in [-0.2, -0.15) is 11.8 Å². The highest BCUT2D eigenvalue weighted by Gasteiger charge is 2.17. The van der Waals surface area contributed by atoms with Gasteiger partial charge in [-0.3, -0.25) is 4.79 Å². The Kier molecular flexibility index (Phi) is 6.31. The van der Waals surface area contributed by atoms with Crippen molar-refractivity contribution in [3.05, 3.63) is 0 Å². The van der Waals surface area contributed by atoms with E-state index >= 15 is 0 Å². The van der Waals surface area contributed by atoms with E-state index < -0.39 is 0 Å². The number of nitrogens with one attached hydrogen (secondary N) is 2. The second-order valence-electron chi connectivity index (χ2n) is 5.07. The van der Waals surface area contributed by atoms with Crippen LogP contribution in [0.4, 0.5) is 0 Å². The molecule has 0 saturated carbocycles. The molecule has 0 aliphatic carbocycles. The summed E-state index contributed by atoms with van der Waals surface area (Å²) in [5.74, 6) is 1.41. The molecule has 0 bridgehead atoms. The van der Waals surface area contributed by atoms with E-state index in [2.05, 4.69) is 10.6 Å². The number of amides is 1. The summed E-state index contributed by atoms with van der Waals surface area (Å²) in [5, 5.41) is 7.05. The van der Waals surface area contributed by atoms with E-state index in [0.717, 1.165) is 32.6 Å². The Labute approximate surface area is 114 Å². The van der Waals surface area contributed by atoms with Crippen molar-refractivity contribution >= 4 is 17.7 Å². The van der Waals surface area contributed by atoms with Crippen molar-refractivity contribution in [1.29, 1.82) is 0 Å². The van der Waals surface area contributed by atoms with Crippen LogP contribution in [0.15, 0.2) is 0 Å². The average Bonchev–Trinajstić information content (AvgIpc) is 2.41. The lowest BCUT2D eigenvalue weighted by Gasteiger charge is -2.24. The van der Waals surface area contributed by atoms with Gasteiger partial charge in [0.2, 0.25) is 5.91 Å². The second kappa shape index (κ2) is 8.02. The summed E-state index contributed by atoms with van der Waals surface area (Å²) in [6.07, 6.45) is 5.88. The van der Waals surface area contributed by atoms with E-state index in [1.165, 1.54) is 25.0 Å². The van der Waals surface area contributed by atoms with Gasteiger partial charge in [0.05, 0.1) is 6.54 Å². The van der Waals surface area contributed by atoms with Crippen molar-refractivity contribution in [2.45, 2.75) is 43.4 Å². The van der Waals surface area contributed by atoms with Crippen LogP contribution in [0.3, 0.4) is 0 Å². The second-order valence-corrected chi connectivity index (χ2v) is 6.48. The Balaban J connectivity index is 1.53. The minimum Gasteiger partial charge on any atom is -0.381 e. The highest BCUT2D eigenvalue weighted by molar-refractivity contribution is 7.99. The van der Waals surface area contributed by atoms with E-state index in [1.807, 2.05) is 11.8 Å². The van der Waals surface area contributed by atoms with Crippen LogP contribution in [0.1, 0.15) is 32.1 Å². The first kappa shape index (κ1) is 14.2. The monoisotopic (exact) mass is 272 g/mol. The van der Waals surface area contributed by atoms with Crippen LogP contribution in [0.2, 0.25) is 0 Å². The molecule has 2 aliphatic heterocycles. The molecule has 2 fully saturated rings. The third kappa shape index (κ3) is 5.16. The van der Waals surface area contributed by atoms with Crippen LogP contribution in [-0.4, -0.2) is 49.3 Å². The topological polar surface area (TPSA) is 50.4 Å². The molecule has 4 nitrogen and oxygen atoms in total. The molecule has 0 spiro atoms. The summed E-state index contributed by atoms with van der Waals surface area (Å²) in [5.41, 5.74) is 0. The van der Waals surface area contributed by atoms with Crippen molar-refractivity contribution in [3.8, 4) is 0 Å². The van der Waals surface area contributed by atoms with Crippen molar-refractivity contribution in [1.82, 2.24) is 10.6 Å². The third-order valence-electron chi connectivity index (χ3n) is 3.52. The Morgan fingerprint density at radius 3 is 2.78 bits per heavy atom. The molecule has 2 aliphatic rings. The molecule has 0 aromatic heterocycles. The molecule has 0 aromatic carbocycles. The summed E-state index contributed by atoms with van der Waals surface area (Å²) >= 11 is 2.04. The van der Waals surface area contributed by atoms with E-state index in [-0.39, 0.29) is 5.91 Å². The van der Waals surface area contributed by atoms with Crippen LogP contribution < -0.4 is 10.6 Å². The van der Waals surface area contributed by atoms with E-state index in [0.29, 0.717) is 17.8 Å². The molecule has 1 atom stereocenters. The molecule has 0 radical (unpaired) electrons. The summed E-state index contributed by atoms with van der Waals surface area (Å²) in [4.78, 5) is 11.7. The van der Waals surface area contributed by atoms with Gasteiger partial charge >= 0.3 is 0 Å². The largest absolute Gasteiger partial charge is 0.381 e. The zero-order valence-electron chi connectivity index (χ0n) is 11.0. The maximum absolute atomic E-state index is 11.7. The van der Waals surface area contributed by atoms with Crippen LogP contribution >= 0.6 is 11.8 Å². The first-order valence-corrected chi connectivity index (χ1v) is 8.09. The predicted molar refractivity (Wildman–Crippen MR) is 75.0 cm³/mol. The number of rotatable bonds is 5. The lowest BCUT2D eigenvalue weighted by atomic mass is 10.1. The number of carbonyl (C=O) groups is 1. The Morgan fingerprint density at radius 1 is 1.22 bits per heavy atom. The smallest absolute Gasteiger partial charge is 0.234 e. The lowest BCUT2D eigenvalue weighted by Crippen LogP contribution is -2.44. The molecule has 2 N–H and O–H groups in total. The molecule has 2 heterocycles. The fourth-order valence-corrected chi connectivity index (χ4v) is 3.71. The molecule has 2 saturated heterocycles. The lowest BCUT2D eigenvalue weighted by molar-refractivity contribution is -0.121. The van der Waals surface area contributed by atoms with Gasteiger partial charge < -0.3 is 15.4 Å². The number of carbonyl (C=O) groups excluding carboxylic acids is 1. The molecular weight excluding hydrogens is 248 g/mol. The fraction of sp³-hybridized carbons (Fsp3) is 0.923. The van der Waals surface area contributed by atoms with Gasteiger partial charge in [-0.25, -0.2) is 0 Å². The molecule has 1 amide bonds. The Morgan fingerprint density at radius 2 is 2.06 bits per heavy atom. The third-order valence-corrected chi connectivity index (χ3v) is 4.92. The summed E-state index contributed by atoms with van der Waals surface area (Å²) in [6, 6.07) is 0.317. The molecule has 1 unspecified atom stereocenters. The fourth-order valence-electron chi connectivity index (χ4n) is 2.44. The highest BCUT2D eigenvalue weighted by atomic mass is 32.2. The van der Waals surface area contributed by atoms with Gasteiger partial charge in [0.25, 0.3) is 0 Å². The quantitative estimate of drug-likeness (QED) is 0.788. The Hall–Kier alpha value is -0.260. The van der Waals surface area contributed by atoms with Gasteiger partial charge in [-0.1, -0.05) is 6.42 Å². The minimum atomic E-state index is 0.128. The molecule has 5 heteroatoms. The van der Waals surface area contributed by atoms with E-state index in [4.69, 9.17) is 4.74 Å². The number of hydrogen-bond acceptors (Lipinski definition) is 4. The first-order valence-electron chi connectivity index (χ1n) is 7.04. The molecule has 18 heavy (non-hydrogen) atoms. The van der Waals surface area contributed by atoms with Crippen molar-refractivity contribution in [3.63, 3.8) is 0 Å². The van der Waals surface area contributed by atoms with Crippen LogP contribution in [-0.2, 0) is 9.53 Å². The standard InChI is InChI=1S/C13H24N2O2S/c16-13(15-11-4-6-17-7-5-11)10-14-9-12-3-1-2-8-18-12/h11-12,14H,1-10H2,(H,15,16). The molecular formula is C13H24N2O2S. The maximum Gasteiger partial charge on any atom is 0.234 e. The van der Waals surface area contributed by atoms with Gasteiger partial charge in [-0.05, 0) is 31.4 Å². The first-order chi connectivity index (χ1) is 8.84. The SMILES string of the molecule is O=C(CNCC1CCCCS1)NC1CCOCC1. The normalized spacial score (nSPS) is 25.9. The predicted octanol–water partition coefficient (Wildman–Crippen LogP) is 1.16. The van der Waals surface area contributed by atoms with Crippen molar-refractivity contribution in [2.75, 3.05) is 32.1 Å². The van der Waals surface area contributed by atoms with Crippen molar-refractivity contribution < 1.29 is 9.53 Å². The molecule has 104 valence electrons. The van der Waals surface area contributed by atoms with Gasteiger partial charge in [-0.15, -0.1) is 0 Å². The summed E-state index contributed by atoms with van der Waals surface area (Å²) in [6.45, 7) is 2.97. The summed E-state index contributed by atoms with van der Waals surface area (Å²) < 4.78 is 5.27. The van der Waals surface area contributed by atoms with E-state index in [1.54, 1.807) is 0 Å². The summed E-state index contributed by atoms with van der Waals surface area (Å²) in [7, 11) is 0. The number of ether oxygens (including phenoxy) is 1. The van der Waals surface area contributed by atoms with Gasteiger partial charge in [0.1, 0.15) is 0 Å². The zero-order chi connectivity index (χ0) is 12.6. The van der Waals surface area contributed by atoms with Crippen molar-refractivity contribution in [2.24, 2.45) is 0 Å². The van der Waals surface area contributed by atoms with E-state index in [9.17, 15) is 4.79 Å². The maximum atomic E-state index is 11.7. The van der Waals surface area contributed by atoms with Crippen LogP contribution in [0.5, 0.6) is 0 Å². The zero-order valence-corrected chi connectivity index (χ0v) is 11.8. The van der Waals surface area contributed by atoms with Crippen LogP contribution in [0, 0.1) is 0 Å². The Bertz CT molecular complexity index is 251. The number of thioether (sulfide) groups is 1. The van der Waals surface area contributed by atoms with Gasteiger partial charge in [0.15, 0.2) is 0 Å². The van der Waals surface area contributed by atoms with Crippen LogP contribution in [0.25, 0.3) is 0 Å².